The van der Waals surface area contributed by atoms with Gasteiger partial charge in [-0.15, -0.1) is 0 Å². The number of methoxy groups -OCH3 is 2. The van der Waals surface area contributed by atoms with Crippen molar-refractivity contribution >= 4 is 34.9 Å². The Morgan fingerprint density at radius 3 is 2.52 bits per heavy atom. The van der Waals surface area contributed by atoms with Crippen molar-refractivity contribution in [1.29, 1.82) is 0 Å². The van der Waals surface area contributed by atoms with E-state index in [1.807, 2.05) is 0 Å². The van der Waals surface area contributed by atoms with Crippen LogP contribution in [0, 0.1) is 0 Å². The number of ether oxygens (including phenoxy) is 2. The van der Waals surface area contributed by atoms with E-state index < -0.39 is 5.97 Å². The van der Waals surface area contributed by atoms with Crippen molar-refractivity contribution in [3.05, 3.63) is 51.5 Å². The third-order valence-corrected chi connectivity index (χ3v) is 3.70. The molecule has 2 aromatic carbocycles. The molecule has 0 saturated heterocycles. The molecule has 23 heavy (non-hydrogen) atoms. The molecule has 0 fully saturated rings. The summed E-state index contributed by atoms with van der Waals surface area (Å²) in [5.41, 5.74) is 1.45. The Morgan fingerprint density at radius 1 is 1.17 bits per heavy atom. The summed E-state index contributed by atoms with van der Waals surface area (Å²) in [5.74, 6) is 0.0260. The Bertz CT molecular complexity index is 734. The fraction of sp³-hybridized carbons (Fsp3) is 0.188. The number of anilines is 1. The van der Waals surface area contributed by atoms with Gasteiger partial charge in [0.1, 0.15) is 11.5 Å². The van der Waals surface area contributed by atoms with Gasteiger partial charge < -0.3 is 19.9 Å². The maximum Gasteiger partial charge on any atom is 0.335 e. The lowest BCUT2D eigenvalue weighted by atomic mass is 10.1. The Labute approximate surface area is 143 Å². The lowest BCUT2D eigenvalue weighted by molar-refractivity contribution is 0.0697. The van der Waals surface area contributed by atoms with Gasteiger partial charge in [0.25, 0.3) is 0 Å². The summed E-state index contributed by atoms with van der Waals surface area (Å²) in [5, 5.41) is 13.1. The summed E-state index contributed by atoms with van der Waals surface area (Å²) >= 11 is 12.1. The van der Waals surface area contributed by atoms with Crippen LogP contribution in [0.1, 0.15) is 15.9 Å². The van der Waals surface area contributed by atoms with Crippen LogP contribution in [0.3, 0.4) is 0 Å². The highest BCUT2D eigenvalue weighted by Gasteiger charge is 2.12. The summed E-state index contributed by atoms with van der Waals surface area (Å²) in [6.45, 7) is 0.336. The number of carbonyl (C=O) groups is 1. The number of benzene rings is 2. The molecule has 2 aromatic rings. The van der Waals surface area contributed by atoms with E-state index in [9.17, 15) is 4.79 Å². The highest BCUT2D eigenvalue weighted by molar-refractivity contribution is 6.35. The summed E-state index contributed by atoms with van der Waals surface area (Å²) in [6.07, 6.45) is 0. The minimum atomic E-state index is -1.01. The Morgan fingerprint density at radius 2 is 1.91 bits per heavy atom. The fourth-order valence-corrected chi connectivity index (χ4v) is 2.76. The molecule has 0 radical (unpaired) electrons. The molecule has 0 aromatic heterocycles. The zero-order valence-corrected chi connectivity index (χ0v) is 14.0. The summed E-state index contributed by atoms with van der Waals surface area (Å²) in [6, 6.07) is 7.89. The second-order valence-electron chi connectivity index (χ2n) is 4.65. The van der Waals surface area contributed by atoms with Crippen molar-refractivity contribution in [3.63, 3.8) is 0 Å². The number of carboxylic acid groups (broad SMARTS) is 1. The Hall–Kier alpha value is -2.11. The first-order chi connectivity index (χ1) is 11.0. The van der Waals surface area contributed by atoms with Gasteiger partial charge in [-0.2, -0.15) is 0 Å². The molecule has 0 heterocycles. The zero-order chi connectivity index (χ0) is 17.0. The molecule has 0 aliphatic rings. The van der Waals surface area contributed by atoms with Crippen molar-refractivity contribution in [2.24, 2.45) is 0 Å². The smallest absolute Gasteiger partial charge is 0.335 e. The van der Waals surface area contributed by atoms with Crippen molar-refractivity contribution in [2.45, 2.75) is 6.54 Å². The molecular formula is C16H15Cl2NO4. The van der Waals surface area contributed by atoms with Crippen LogP contribution >= 0.6 is 23.2 Å². The molecule has 0 spiro atoms. The van der Waals surface area contributed by atoms with Gasteiger partial charge >= 0.3 is 5.97 Å². The topological polar surface area (TPSA) is 67.8 Å². The van der Waals surface area contributed by atoms with Crippen LogP contribution in [0.2, 0.25) is 10.0 Å². The number of nitrogens with one attached hydrogen (secondary N) is 1. The fourth-order valence-electron chi connectivity index (χ4n) is 2.14. The molecule has 0 aliphatic heterocycles. The lowest BCUT2D eigenvalue weighted by Gasteiger charge is -2.15. The van der Waals surface area contributed by atoms with Gasteiger partial charge in [0.15, 0.2) is 0 Å². The summed E-state index contributed by atoms with van der Waals surface area (Å²) in [4.78, 5) is 11.1. The van der Waals surface area contributed by atoms with Crippen LogP contribution < -0.4 is 14.8 Å². The van der Waals surface area contributed by atoms with Crippen molar-refractivity contribution in [2.75, 3.05) is 19.5 Å². The van der Waals surface area contributed by atoms with Crippen LogP contribution in [0.4, 0.5) is 5.69 Å². The maximum absolute atomic E-state index is 11.1. The second kappa shape index (κ2) is 7.44. The van der Waals surface area contributed by atoms with E-state index >= 15 is 0 Å². The van der Waals surface area contributed by atoms with Gasteiger partial charge in [0.05, 0.1) is 30.5 Å². The first-order valence-corrected chi connectivity index (χ1v) is 7.39. The van der Waals surface area contributed by atoms with Crippen LogP contribution in [-0.2, 0) is 6.54 Å². The number of halogens is 2. The average Bonchev–Trinajstić information content (AvgIpc) is 2.52. The van der Waals surface area contributed by atoms with Crippen LogP contribution in [0.25, 0.3) is 0 Å². The molecule has 122 valence electrons. The van der Waals surface area contributed by atoms with Gasteiger partial charge in [-0.3, -0.25) is 0 Å². The van der Waals surface area contributed by atoms with Crippen LogP contribution in [0.5, 0.6) is 11.5 Å². The lowest BCUT2D eigenvalue weighted by Crippen LogP contribution is -2.05. The largest absolute Gasteiger partial charge is 0.495 e. The van der Waals surface area contributed by atoms with Crippen molar-refractivity contribution < 1.29 is 19.4 Å². The molecule has 0 bridgehead atoms. The molecule has 2 rings (SSSR count). The average molecular weight is 356 g/mol. The Balaban J connectivity index is 2.30. The van der Waals surface area contributed by atoms with E-state index in [0.717, 1.165) is 5.56 Å². The minimum Gasteiger partial charge on any atom is -0.495 e. The predicted molar refractivity (Wildman–Crippen MR) is 90.3 cm³/mol. The standard InChI is InChI=1S/C16H15Cl2NO4/c1-22-14-4-3-9(16(20)21)6-13(14)19-8-10-5-11(17)7-12(18)15(10)23-2/h3-7,19H,8H2,1-2H3,(H,20,21). The minimum absolute atomic E-state index is 0.157. The maximum atomic E-state index is 11.1. The predicted octanol–water partition coefficient (Wildman–Crippen LogP) is 4.32. The zero-order valence-electron chi connectivity index (χ0n) is 12.5. The number of hydrogen-bond donors (Lipinski definition) is 2. The van der Waals surface area contributed by atoms with E-state index in [0.29, 0.717) is 33.8 Å². The molecule has 0 aliphatic carbocycles. The van der Waals surface area contributed by atoms with E-state index in [1.165, 1.54) is 26.4 Å². The van der Waals surface area contributed by atoms with Gasteiger partial charge in [-0.1, -0.05) is 23.2 Å². The number of rotatable bonds is 6. The van der Waals surface area contributed by atoms with Gasteiger partial charge in [-0.05, 0) is 30.3 Å². The molecule has 7 heteroatoms. The summed E-state index contributed by atoms with van der Waals surface area (Å²) < 4.78 is 10.5. The summed E-state index contributed by atoms with van der Waals surface area (Å²) in [7, 11) is 3.03. The first kappa shape index (κ1) is 17.2. The highest BCUT2D eigenvalue weighted by Crippen LogP contribution is 2.33. The van der Waals surface area contributed by atoms with E-state index in [-0.39, 0.29) is 5.56 Å². The normalized spacial score (nSPS) is 10.3. The van der Waals surface area contributed by atoms with E-state index in [1.54, 1.807) is 18.2 Å². The monoisotopic (exact) mass is 355 g/mol. The van der Waals surface area contributed by atoms with Gasteiger partial charge in [-0.25, -0.2) is 4.79 Å². The van der Waals surface area contributed by atoms with Crippen molar-refractivity contribution in [1.82, 2.24) is 0 Å². The Kier molecular flexibility index (Phi) is 5.58. The molecular weight excluding hydrogens is 341 g/mol. The quantitative estimate of drug-likeness (QED) is 0.807. The van der Waals surface area contributed by atoms with E-state index in [4.69, 9.17) is 37.8 Å². The van der Waals surface area contributed by atoms with Gasteiger partial charge in [0, 0.05) is 17.1 Å². The number of aromatic carboxylic acids is 1. The number of hydrogen-bond acceptors (Lipinski definition) is 4. The van der Waals surface area contributed by atoms with Gasteiger partial charge in [0.2, 0.25) is 0 Å². The molecule has 0 amide bonds. The first-order valence-electron chi connectivity index (χ1n) is 6.63. The third kappa shape index (κ3) is 4.00. The SMILES string of the molecule is COc1ccc(C(=O)O)cc1NCc1cc(Cl)cc(Cl)c1OC. The van der Waals surface area contributed by atoms with Crippen LogP contribution in [0.15, 0.2) is 30.3 Å². The highest BCUT2D eigenvalue weighted by atomic mass is 35.5. The molecule has 2 N–H and O–H groups in total. The molecule has 5 nitrogen and oxygen atoms in total. The second-order valence-corrected chi connectivity index (χ2v) is 5.50. The van der Waals surface area contributed by atoms with Crippen molar-refractivity contribution in [3.8, 4) is 11.5 Å². The molecule has 0 unspecified atom stereocenters. The molecule has 0 atom stereocenters. The van der Waals surface area contributed by atoms with Crippen LogP contribution in [-0.4, -0.2) is 25.3 Å². The number of carboxylic acids is 1. The van der Waals surface area contributed by atoms with E-state index in [2.05, 4.69) is 5.32 Å². The third-order valence-electron chi connectivity index (χ3n) is 3.21. The molecule has 0 saturated carbocycles.